The van der Waals surface area contributed by atoms with Crippen LogP contribution in [0.4, 0.5) is 0 Å². The average Bonchev–Trinajstić information content (AvgIpc) is 2.33. The molecule has 1 rings (SSSR count). The van der Waals surface area contributed by atoms with Crippen LogP contribution in [0.15, 0.2) is 12.2 Å². The van der Waals surface area contributed by atoms with Crippen molar-refractivity contribution in [2.24, 2.45) is 11.7 Å². The van der Waals surface area contributed by atoms with E-state index in [1.54, 1.807) is 17.1 Å². The van der Waals surface area contributed by atoms with Crippen molar-refractivity contribution >= 4 is 5.91 Å². The molecule has 0 aromatic heterocycles. The number of allylic oxidation sites excluding steroid dienone is 1. The number of hydrogen-bond acceptors (Lipinski definition) is 2. The normalized spacial score (nSPS) is 30.1. The van der Waals surface area contributed by atoms with Gasteiger partial charge in [0.05, 0.1) is 0 Å². The van der Waals surface area contributed by atoms with Crippen LogP contribution in [0.25, 0.3) is 0 Å². The summed E-state index contributed by atoms with van der Waals surface area (Å²) in [5, 5.41) is 0. The number of carbonyl (C=O) groups excluding carboxylic acids is 1. The molecule has 1 amide bonds. The van der Waals surface area contributed by atoms with E-state index in [-0.39, 0.29) is 11.9 Å². The Kier molecular flexibility index (Phi) is 2.87. The molecule has 0 bridgehead atoms. The van der Waals surface area contributed by atoms with Crippen molar-refractivity contribution in [3.8, 4) is 0 Å². The summed E-state index contributed by atoms with van der Waals surface area (Å²) >= 11 is 0. The van der Waals surface area contributed by atoms with E-state index in [0.29, 0.717) is 12.5 Å². The monoisotopic (exact) mass is 168 g/mol. The highest BCUT2D eigenvalue weighted by Crippen LogP contribution is 2.14. The molecule has 0 saturated carbocycles. The van der Waals surface area contributed by atoms with Gasteiger partial charge < -0.3 is 10.6 Å². The Morgan fingerprint density at radius 3 is 2.67 bits per heavy atom. The summed E-state index contributed by atoms with van der Waals surface area (Å²) < 4.78 is 0. The van der Waals surface area contributed by atoms with E-state index in [0.717, 1.165) is 6.54 Å². The average molecular weight is 168 g/mol. The fourth-order valence-electron chi connectivity index (χ4n) is 1.42. The quantitative estimate of drug-likeness (QED) is 0.575. The second-order valence-corrected chi connectivity index (χ2v) is 3.38. The Balaban J connectivity index is 2.51. The molecule has 2 atom stereocenters. The molecule has 1 saturated heterocycles. The van der Waals surface area contributed by atoms with Crippen LogP contribution in [0.1, 0.15) is 13.8 Å². The Morgan fingerprint density at radius 2 is 2.25 bits per heavy atom. The van der Waals surface area contributed by atoms with E-state index in [4.69, 9.17) is 5.73 Å². The van der Waals surface area contributed by atoms with Crippen LogP contribution in [0, 0.1) is 5.92 Å². The topological polar surface area (TPSA) is 46.3 Å². The lowest BCUT2D eigenvalue weighted by Gasteiger charge is -2.12. The second kappa shape index (κ2) is 3.72. The van der Waals surface area contributed by atoms with Crippen molar-refractivity contribution in [2.75, 3.05) is 13.1 Å². The van der Waals surface area contributed by atoms with E-state index in [1.165, 1.54) is 0 Å². The van der Waals surface area contributed by atoms with Crippen molar-refractivity contribution in [1.82, 2.24) is 4.90 Å². The third-order valence-electron chi connectivity index (χ3n) is 2.29. The molecule has 3 nitrogen and oxygen atoms in total. The zero-order valence-electron chi connectivity index (χ0n) is 7.66. The number of carbonyl (C=O) groups is 1. The molecule has 1 aliphatic rings. The lowest BCUT2D eigenvalue weighted by atomic mass is 10.1. The molecule has 0 radical (unpaired) electrons. The lowest BCUT2D eigenvalue weighted by Crippen LogP contribution is -2.31. The van der Waals surface area contributed by atoms with Crippen molar-refractivity contribution < 1.29 is 4.79 Å². The van der Waals surface area contributed by atoms with Crippen molar-refractivity contribution in [2.45, 2.75) is 19.9 Å². The first kappa shape index (κ1) is 9.26. The lowest BCUT2D eigenvalue weighted by molar-refractivity contribution is -0.125. The van der Waals surface area contributed by atoms with Crippen LogP contribution >= 0.6 is 0 Å². The van der Waals surface area contributed by atoms with Crippen LogP contribution in [-0.2, 0) is 4.79 Å². The van der Waals surface area contributed by atoms with Gasteiger partial charge in [-0.1, -0.05) is 13.0 Å². The molecule has 0 aliphatic carbocycles. The highest BCUT2D eigenvalue weighted by molar-refractivity contribution is 5.87. The molecule has 3 heteroatoms. The fraction of sp³-hybridized carbons (Fsp3) is 0.667. The van der Waals surface area contributed by atoms with Crippen molar-refractivity contribution in [3.63, 3.8) is 0 Å². The van der Waals surface area contributed by atoms with Crippen LogP contribution in [-0.4, -0.2) is 29.9 Å². The van der Waals surface area contributed by atoms with E-state index in [9.17, 15) is 4.79 Å². The first-order valence-electron chi connectivity index (χ1n) is 4.32. The highest BCUT2D eigenvalue weighted by Gasteiger charge is 2.28. The molecule has 12 heavy (non-hydrogen) atoms. The van der Waals surface area contributed by atoms with Crippen LogP contribution in [0.2, 0.25) is 0 Å². The smallest absolute Gasteiger partial charge is 0.246 e. The largest absolute Gasteiger partial charge is 0.337 e. The maximum Gasteiger partial charge on any atom is 0.246 e. The summed E-state index contributed by atoms with van der Waals surface area (Å²) in [4.78, 5) is 13.1. The molecule has 2 N–H and O–H groups in total. The maximum absolute atomic E-state index is 11.3. The molecule has 0 aromatic rings. The van der Waals surface area contributed by atoms with Crippen LogP contribution in [0.3, 0.4) is 0 Å². The first-order valence-corrected chi connectivity index (χ1v) is 4.32. The van der Waals surface area contributed by atoms with E-state index < -0.39 is 0 Å². The number of rotatable bonds is 1. The predicted octanol–water partition coefficient (Wildman–Crippen LogP) is 0.368. The standard InChI is InChI=1S/C9H16N2O/c1-3-4-9(12)11-5-7(2)8(10)6-11/h3-4,7-8H,5-6,10H2,1-2H3/b4-3+. The molecular formula is C9H16N2O. The zero-order valence-corrected chi connectivity index (χ0v) is 7.66. The molecule has 2 unspecified atom stereocenters. The van der Waals surface area contributed by atoms with E-state index >= 15 is 0 Å². The summed E-state index contributed by atoms with van der Waals surface area (Å²) in [5.74, 6) is 0.511. The molecule has 0 spiro atoms. The summed E-state index contributed by atoms with van der Waals surface area (Å²) in [6, 6.07) is 0.152. The van der Waals surface area contributed by atoms with Gasteiger partial charge in [-0.3, -0.25) is 4.79 Å². The number of amides is 1. The number of nitrogens with two attached hydrogens (primary N) is 1. The minimum Gasteiger partial charge on any atom is -0.337 e. The summed E-state index contributed by atoms with van der Waals surface area (Å²) in [5.41, 5.74) is 5.78. The Bertz CT molecular complexity index is 191. The van der Waals surface area contributed by atoms with Gasteiger partial charge in [0.15, 0.2) is 0 Å². The first-order chi connectivity index (χ1) is 5.65. The second-order valence-electron chi connectivity index (χ2n) is 3.38. The molecule has 1 heterocycles. The summed E-state index contributed by atoms with van der Waals surface area (Å²) in [6.45, 7) is 5.42. The van der Waals surface area contributed by atoms with Gasteiger partial charge in [-0.05, 0) is 18.9 Å². The number of hydrogen-bond donors (Lipinski definition) is 1. The minimum atomic E-state index is 0.0808. The molecule has 0 aromatic carbocycles. The van der Waals surface area contributed by atoms with Crippen molar-refractivity contribution in [1.29, 1.82) is 0 Å². The van der Waals surface area contributed by atoms with E-state index in [2.05, 4.69) is 6.92 Å². The minimum absolute atomic E-state index is 0.0808. The highest BCUT2D eigenvalue weighted by atomic mass is 16.2. The van der Waals surface area contributed by atoms with Gasteiger partial charge in [0.1, 0.15) is 0 Å². The Hall–Kier alpha value is -0.830. The zero-order chi connectivity index (χ0) is 9.14. The van der Waals surface area contributed by atoms with Gasteiger partial charge in [-0.2, -0.15) is 0 Å². The molecule has 1 fully saturated rings. The van der Waals surface area contributed by atoms with Gasteiger partial charge >= 0.3 is 0 Å². The molecule has 1 aliphatic heterocycles. The van der Waals surface area contributed by atoms with Gasteiger partial charge in [0, 0.05) is 19.1 Å². The number of likely N-dealkylation sites (tertiary alicyclic amines) is 1. The van der Waals surface area contributed by atoms with Crippen molar-refractivity contribution in [3.05, 3.63) is 12.2 Å². The maximum atomic E-state index is 11.3. The van der Waals surface area contributed by atoms with E-state index in [1.807, 2.05) is 6.92 Å². The van der Waals surface area contributed by atoms with Crippen LogP contribution < -0.4 is 5.73 Å². The van der Waals surface area contributed by atoms with Crippen LogP contribution in [0.5, 0.6) is 0 Å². The Morgan fingerprint density at radius 1 is 1.58 bits per heavy atom. The van der Waals surface area contributed by atoms with Gasteiger partial charge in [0.25, 0.3) is 0 Å². The third-order valence-corrected chi connectivity index (χ3v) is 2.29. The fourth-order valence-corrected chi connectivity index (χ4v) is 1.42. The summed E-state index contributed by atoms with van der Waals surface area (Å²) in [7, 11) is 0. The molecular weight excluding hydrogens is 152 g/mol. The number of nitrogens with zero attached hydrogens (tertiary/aromatic N) is 1. The predicted molar refractivity (Wildman–Crippen MR) is 48.5 cm³/mol. The molecule has 68 valence electrons. The summed E-state index contributed by atoms with van der Waals surface area (Å²) in [6.07, 6.45) is 3.35. The Labute approximate surface area is 73.2 Å². The van der Waals surface area contributed by atoms with Gasteiger partial charge in [0.2, 0.25) is 5.91 Å². The third kappa shape index (κ3) is 1.85. The SMILES string of the molecule is C/C=C/C(=O)N1CC(C)C(N)C1. The van der Waals surface area contributed by atoms with Gasteiger partial charge in [-0.15, -0.1) is 0 Å². The van der Waals surface area contributed by atoms with Gasteiger partial charge in [-0.25, -0.2) is 0 Å².